The Morgan fingerprint density at radius 1 is 1.30 bits per heavy atom. The van der Waals surface area contributed by atoms with Crippen molar-refractivity contribution in [1.29, 1.82) is 0 Å². The van der Waals surface area contributed by atoms with Crippen LogP contribution in [-0.2, 0) is 13.0 Å². The van der Waals surface area contributed by atoms with Crippen molar-refractivity contribution in [2.75, 3.05) is 0 Å². The van der Waals surface area contributed by atoms with Crippen molar-refractivity contribution in [3.05, 3.63) is 82.1 Å². The van der Waals surface area contributed by atoms with Gasteiger partial charge in [-0.25, -0.2) is 9.37 Å². The standard InChI is InChI=1S/C20H18ClFN4O/c21-19-18(22)14(9-10-23-19)20(27)25-16-7-4-8-17-15(16)11-24-26(17)12-13-5-2-1-3-6-13/h1-3,5-6,9-11,16H,4,7-8,12H2,(H,25,27)/t16-/m1/s1. The molecule has 0 radical (unpaired) electrons. The lowest BCUT2D eigenvalue weighted by Crippen LogP contribution is -2.31. The quantitative estimate of drug-likeness (QED) is 0.693. The zero-order valence-corrected chi connectivity index (χ0v) is 15.3. The van der Waals surface area contributed by atoms with Gasteiger partial charge in [-0.2, -0.15) is 5.10 Å². The first-order valence-corrected chi connectivity index (χ1v) is 9.20. The number of rotatable bonds is 4. The molecule has 138 valence electrons. The van der Waals surface area contributed by atoms with E-state index in [0.717, 1.165) is 30.5 Å². The fourth-order valence-electron chi connectivity index (χ4n) is 3.49. The van der Waals surface area contributed by atoms with Gasteiger partial charge in [0.15, 0.2) is 11.0 Å². The number of hydrogen-bond acceptors (Lipinski definition) is 3. The number of carbonyl (C=O) groups is 1. The van der Waals surface area contributed by atoms with Crippen LogP contribution in [0.1, 0.15) is 46.1 Å². The lowest BCUT2D eigenvalue weighted by molar-refractivity contribution is 0.0928. The molecule has 0 aliphatic heterocycles. The molecule has 0 unspecified atom stereocenters. The molecule has 4 rings (SSSR count). The molecule has 5 nitrogen and oxygen atoms in total. The van der Waals surface area contributed by atoms with Crippen LogP contribution in [0.4, 0.5) is 4.39 Å². The Kier molecular flexibility index (Phi) is 4.90. The van der Waals surface area contributed by atoms with Crippen molar-refractivity contribution in [3.8, 4) is 0 Å². The van der Waals surface area contributed by atoms with Gasteiger partial charge in [-0.15, -0.1) is 0 Å². The zero-order chi connectivity index (χ0) is 18.8. The Morgan fingerprint density at radius 3 is 2.93 bits per heavy atom. The van der Waals surface area contributed by atoms with Gasteiger partial charge in [0.1, 0.15) is 0 Å². The third kappa shape index (κ3) is 3.57. The van der Waals surface area contributed by atoms with Crippen molar-refractivity contribution in [1.82, 2.24) is 20.1 Å². The molecular formula is C20H18ClFN4O. The number of fused-ring (bicyclic) bond motifs is 1. The number of halogens is 2. The fraction of sp³-hybridized carbons (Fsp3) is 0.250. The van der Waals surface area contributed by atoms with Crippen LogP contribution >= 0.6 is 11.6 Å². The number of benzene rings is 1. The van der Waals surface area contributed by atoms with E-state index < -0.39 is 11.7 Å². The lowest BCUT2D eigenvalue weighted by atomic mass is 9.92. The molecule has 2 heterocycles. The second kappa shape index (κ2) is 7.48. The number of aromatic nitrogens is 3. The summed E-state index contributed by atoms with van der Waals surface area (Å²) in [7, 11) is 0. The first-order chi connectivity index (χ1) is 13.1. The third-order valence-electron chi connectivity index (χ3n) is 4.83. The molecule has 0 saturated carbocycles. The molecule has 0 fully saturated rings. The number of amides is 1. The van der Waals surface area contributed by atoms with Crippen molar-refractivity contribution >= 4 is 17.5 Å². The molecule has 1 atom stereocenters. The lowest BCUT2D eigenvalue weighted by Gasteiger charge is -2.24. The van der Waals surface area contributed by atoms with Gasteiger partial charge in [0.25, 0.3) is 5.91 Å². The van der Waals surface area contributed by atoms with Crippen LogP contribution in [0.3, 0.4) is 0 Å². The summed E-state index contributed by atoms with van der Waals surface area (Å²) in [6, 6.07) is 11.2. The summed E-state index contributed by atoms with van der Waals surface area (Å²) in [4.78, 5) is 16.2. The highest BCUT2D eigenvalue weighted by molar-refractivity contribution is 6.29. The maximum absolute atomic E-state index is 14.1. The highest BCUT2D eigenvalue weighted by atomic mass is 35.5. The topological polar surface area (TPSA) is 59.8 Å². The summed E-state index contributed by atoms with van der Waals surface area (Å²) in [5, 5.41) is 7.13. The molecule has 0 spiro atoms. The van der Waals surface area contributed by atoms with E-state index in [4.69, 9.17) is 11.6 Å². The van der Waals surface area contributed by atoms with E-state index in [2.05, 4.69) is 27.5 Å². The average Bonchev–Trinajstić information content (AvgIpc) is 3.09. The Bertz CT molecular complexity index is 973. The van der Waals surface area contributed by atoms with Gasteiger partial charge in [0.05, 0.1) is 24.3 Å². The second-order valence-electron chi connectivity index (χ2n) is 6.57. The molecule has 3 aromatic rings. The van der Waals surface area contributed by atoms with E-state index >= 15 is 0 Å². The molecule has 0 saturated heterocycles. The highest BCUT2D eigenvalue weighted by Crippen LogP contribution is 2.30. The van der Waals surface area contributed by atoms with E-state index in [9.17, 15) is 9.18 Å². The molecule has 1 aromatic carbocycles. The van der Waals surface area contributed by atoms with Crippen LogP contribution < -0.4 is 5.32 Å². The molecule has 1 aliphatic carbocycles. The number of hydrogen-bond donors (Lipinski definition) is 1. The summed E-state index contributed by atoms with van der Waals surface area (Å²) in [6.07, 6.45) is 5.75. The monoisotopic (exact) mass is 384 g/mol. The Balaban J connectivity index is 1.55. The minimum atomic E-state index is -0.799. The van der Waals surface area contributed by atoms with E-state index in [1.54, 1.807) is 6.20 Å². The number of pyridine rings is 1. The summed E-state index contributed by atoms with van der Waals surface area (Å²) >= 11 is 5.68. The minimum Gasteiger partial charge on any atom is -0.345 e. The van der Waals surface area contributed by atoms with Crippen LogP contribution in [0, 0.1) is 5.82 Å². The summed E-state index contributed by atoms with van der Waals surface area (Å²) < 4.78 is 16.1. The molecule has 1 N–H and O–H groups in total. The summed E-state index contributed by atoms with van der Waals surface area (Å²) in [5.41, 5.74) is 3.18. The molecule has 1 aliphatic rings. The van der Waals surface area contributed by atoms with Crippen LogP contribution in [0.25, 0.3) is 0 Å². The zero-order valence-electron chi connectivity index (χ0n) is 14.5. The van der Waals surface area contributed by atoms with Gasteiger partial charge in [0.2, 0.25) is 0 Å². The number of nitrogens with zero attached hydrogens (tertiary/aromatic N) is 3. The van der Waals surface area contributed by atoms with Crippen molar-refractivity contribution < 1.29 is 9.18 Å². The fourth-order valence-corrected chi connectivity index (χ4v) is 3.65. The van der Waals surface area contributed by atoms with Crippen LogP contribution in [-0.4, -0.2) is 20.7 Å². The largest absolute Gasteiger partial charge is 0.345 e. The van der Waals surface area contributed by atoms with Gasteiger partial charge < -0.3 is 5.32 Å². The molecule has 1 amide bonds. The number of carbonyl (C=O) groups excluding carboxylic acids is 1. The maximum Gasteiger partial charge on any atom is 0.254 e. The van der Waals surface area contributed by atoms with Crippen molar-refractivity contribution in [3.63, 3.8) is 0 Å². The molecular weight excluding hydrogens is 367 g/mol. The molecule has 27 heavy (non-hydrogen) atoms. The first-order valence-electron chi connectivity index (χ1n) is 8.83. The molecule has 2 aromatic heterocycles. The molecule has 0 bridgehead atoms. The maximum atomic E-state index is 14.1. The van der Waals surface area contributed by atoms with Gasteiger partial charge in [0, 0.05) is 17.5 Å². The van der Waals surface area contributed by atoms with Gasteiger partial charge in [-0.1, -0.05) is 41.9 Å². The van der Waals surface area contributed by atoms with E-state index in [-0.39, 0.29) is 16.8 Å². The Morgan fingerprint density at radius 2 is 2.11 bits per heavy atom. The summed E-state index contributed by atoms with van der Waals surface area (Å²) in [5.74, 6) is -1.29. The smallest absolute Gasteiger partial charge is 0.254 e. The average molecular weight is 385 g/mol. The Hall–Kier alpha value is -2.73. The predicted octanol–water partition coefficient (Wildman–Crippen LogP) is 3.93. The van der Waals surface area contributed by atoms with Gasteiger partial charge >= 0.3 is 0 Å². The van der Waals surface area contributed by atoms with Crippen molar-refractivity contribution in [2.24, 2.45) is 0 Å². The van der Waals surface area contributed by atoms with Crippen molar-refractivity contribution in [2.45, 2.75) is 31.8 Å². The minimum absolute atomic E-state index is 0.0983. The van der Waals surface area contributed by atoms with Crippen LogP contribution in [0.2, 0.25) is 5.15 Å². The van der Waals surface area contributed by atoms with E-state index in [0.29, 0.717) is 6.54 Å². The van der Waals surface area contributed by atoms with E-state index in [1.165, 1.54) is 17.8 Å². The van der Waals surface area contributed by atoms with E-state index in [1.807, 2.05) is 22.9 Å². The summed E-state index contributed by atoms with van der Waals surface area (Å²) in [6.45, 7) is 0.686. The highest BCUT2D eigenvalue weighted by Gasteiger charge is 2.27. The normalized spacial score (nSPS) is 16.0. The van der Waals surface area contributed by atoms with Gasteiger partial charge in [-0.05, 0) is 30.9 Å². The Labute approximate surface area is 161 Å². The van der Waals surface area contributed by atoms with Crippen LogP contribution in [0.5, 0.6) is 0 Å². The van der Waals surface area contributed by atoms with Crippen LogP contribution in [0.15, 0.2) is 48.8 Å². The molecule has 7 heteroatoms. The van der Waals surface area contributed by atoms with Gasteiger partial charge in [-0.3, -0.25) is 9.48 Å². The second-order valence-corrected chi connectivity index (χ2v) is 6.93. The SMILES string of the molecule is O=C(N[C@@H]1CCCc2c1cnn2Cc1ccccc1)c1ccnc(Cl)c1F. The predicted molar refractivity (Wildman–Crippen MR) is 100 cm³/mol. The third-order valence-corrected chi connectivity index (χ3v) is 5.10. The number of nitrogens with one attached hydrogen (secondary N) is 1. The first kappa shape index (κ1) is 17.7.